The lowest BCUT2D eigenvalue weighted by Crippen LogP contribution is -2.54. The number of hydrogen-bond acceptors (Lipinski definition) is 4. The van der Waals surface area contributed by atoms with Gasteiger partial charge in [0.1, 0.15) is 0 Å². The fourth-order valence-corrected chi connectivity index (χ4v) is 1.28. The van der Waals surface area contributed by atoms with Crippen LogP contribution in [-0.4, -0.2) is 46.3 Å². The molecule has 84 valence electrons. The highest BCUT2D eigenvalue weighted by Crippen LogP contribution is 2.16. The van der Waals surface area contributed by atoms with E-state index in [-0.39, 0.29) is 24.0 Å². The van der Waals surface area contributed by atoms with E-state index in [2.05, 4.69) is 5.16 Å². The Morgan fingerprint density at radius 3 is 2.36 bits per heavy atom. The van der Waals surface area contributed by atoms with Gasteiger partial charge < -0.3 is 16.0 Å². The topological polar surface area (TPSA) is 82.1 Å². The van der Waals surface area contributed by atoms with Gasteiger partial charge in [0.25, 0.3) is 0 Å². The Morgan fingerprint density at radius 1 is 1.57 bits per heavy atom. The minimum Gasteiger partial charge on any atom is -0.409 e. The van der Waals surface area contributed by atoms with Crippen molar-refractivity contribution in [1.29, 1.82) is 0 Å². The van der Waals surface area contributed by atoms with Crippen molar-refractivity contribution in [2.45, 2.75) is 38.8 Å². The molecule has 0 fully saturated rings. The molecule has 0 radical (unpaired) electrons. The van der Waals surface area contributed by atoms with Gasteiger partial charge in [0, 0.05) is 5.54 Å². The molecule has 0 saturated carbocycles. The van der Waals surface area contributed by atoms with Crippen LogP contribution in [0.2, 0.25) is 0 Å². The number of aliphatic hydroxyl groups excluding tert-OH is 1. The Hall–Kier alpha value is -0.810. The van der Waals surface area contributed by atoms with Gasteiger partial charge in [-0.1, -0.05) is 12.1 Å². The quantitative estimate of drug-likeness (QED) is 0.258. The second-order valence-corrected chi connectivity index (χ2v) is 4.03. The molecule has 0 amide bonds. The van der Waals surface area contributed by atoms with Gasteiger partial charge in [0.15, 0.2) is 5.84 Å². The van der Waals surface area contributed by atoms with Gasteiger partial charge >= 0.3 is 0 Å². The van der Waals surface area contributed by atoms with E-state index in [1.807, 2.05) is 32.7 Å². The Balaban J connectivity index is 4.70. The van der Waals surface area contributed by atoms with Gasteiger partial charge in [0.2, 0.25) is 0 Å². The summed E-state index contributed by atoms with van der Waals surface area (Å²) in [7, 11) is 1.85. The summed E-state index contributed by atoms with van der Waals surface area (Å²) in [6.45, 7) is 5.78. The smallest absolute Gasteiger partial charge is 0.156 e. The van der Waals surface area contributed by atoms with Crippen LogP contribution in [0.15, 0.2) is 5.16 Å². The third-order valence-corrected chi connectivity index (χ3v) is 2.65. The molecule has 0 spiro atoms. The highest BCUT2D eigenvalue weighted by molar-refractivity contribution is 5.85. The van der Waals surface area contributed by atoms with Crippen LogP contribution in [0.4, 0.5) is 0 Å². The van der Waals surface area contributed by atoms with Crippen molar-refractivity contribution in [2.24, 2.45) is 10.9 Å². The van der Waals surface area contributed by atoms with Crippen LogP contribution < -0.4 is 5.73 Å². The summed E-state index contributed by atoms with van der Waals surface area (Å²) in [5.74, 6) is 0.177. The number of likely N-dealkylation sites (N-methyl/N-ethyl adjacent to an activating group) is 1. The van der Waals surface area contributed by atoms with Crippen molar-refractivity contribution in [3.05, 3.63) is 0 Å². The normalized spacial score (nSPS) is 16.0. The average molecular weight is 203 g/mol. The Bertz CT molecular complexity index is 204. The largest absolute Gasteiger partial charge is 0.409 e. The zero-order chi connectivity index (χ0) is 11.4. The predicted octanol–water partition coefficient (Wildman–Crippen LogP) is 0.214. The van der Waals surface area contributed by atoms with Crippen molar-refractivity contribution in [1.82, 2.24) is 4.90 Å². The molecule has 5 nitrogen and oxygen atoms in total. The molecule has 5 heteroatoms. The van der Waals surface area contributed by atoms with Crippen LogP contribution in [0.3, 0.4) is 0 Å². The summed E-state index contributed by atoms with van der Waals surface area (Å²) >= 11 is 0. The summed E-state index contributed by atoms with van der Waals surface area (Å²) in [6.07, 6.45) is 0.732. The maximum Gasteiger partial charge on any atom is 0.156 e. The molecular formula is C9H21N3O2. The van der Waals surface area contributed by atoms with Crippen molar-refractivity contribution < 1.29 is 10.3 Å². The van der Waals surface area contributed by atoms with E-state index in [1.165, 1.54) is 0 Å². The van der Waals surface area contributed by atoms with Gasteiger partial charge in [-0.25, -0.2) is 0 Å². The highest BCUT2D eigenvalue weighted by atomic mass is 16.4. The van der Waals surface area contributed by atoms with Crippen molar-refractivity contribution in [3.63, 3.8) is 0 Å². The van der Waals surface area contributed by atoms with Gasteiger partial charge in [-0.15, -0.1) is 0 Å². The molecular weight excluding hydrogens is 182 g/mol. The van der Waals surface area contributed by atoms with Gasteiger partial charge in [-0.05, 0) is 27.3 Å². The van der Waals surface area contributed by atoms with Gasteiger partial charge in [-0.2, -0.15) is 0 Å². The lowest BCUT2D eigenvalue weighted by Gasteiger charge is -2.38. The molecule has 0 rings (SSSR count). The number of amidine groups is 1. The van der Waals surface area contributed by atoms with Crippen LogP contribution in [0.25, 0.3) is 0 Å². The Labute approximate surface area is 85.2 Å². The predicted molar refractivity (Wildman–Crippen MR) is 56.4 cm³/mol. The fraction of sp³-hybridized carbons (Fsp3) is 0.889. The number of hydrogen-bond donors (Lipinski definition) is 3. The first-order valence-corrected chi connectivity index (χ1v) is 4.72. The zero-order valence-corrected chi connectivity index (χ0v) is 9.36. The zero-order valence-electron chi connectivity index (χ0n) is 9.36. The number of nitrogens with zero attached hydrogens (tertiary/aromatic N) is 2. The molecule has 0 saturated heterocycles. The molecule has 1 atom stereocenters. The highest BCUT2D eigenvalue weighted by Gasteiger charge is 2.30. The van der Waals surface area contributed by atoms with Crippen LogP contribution >= 0.6 is 0 Å². The molecule has 0 aliphatic rings. The lowest BCUT2D eigenvalue weighted by atomic mass is 10.0. The van der Waals surface area contributed by atoms with E-state index >= 15 is 0 Å². The lowest BCUT2D eigenvalue weighted by molar-refractivity contribution is 0.0623. The van der Waals surface area contributed by atoms with Crippen molar-refractivity contribution >= 4 is 5.84 Å². The third-order valence-electron chi connectivity index (χ3n) is 2.65. The molecule has 0 aliphatic carbocycles. The molecule has 4 N–H and O–H groups in total. The number of oxime groups is 1. The van der Waals surface area contributed by atoms with E-state index in [1.54, 1.807) is 0 Å². The Morgan fingerprint density at radius 2 is 2.07 bits per heavy atom. The van der Waals surface area contributed by atoms with Gasteiger partial charge in [0.05, 0.1) is 12.6 Å². The monoisotopic (exact) mass is 203 g/mol. The first-order valence-electron chi connectivity index (χ1n) is 4.72. The number of aliphatic hydroxyl groups is 1. The van der Waals surface area contributed by atoms with Crippen LogP contribution in [0.1, 0.15) is 27.2 Å². The molecule has 1 unspecified atom stereocenters. The maximum atomic E-state index is 9.18. The van der Waals surface area contributed by atoms with E-state index in [0.29, 0.717) is 0 Å². The molecule has 0 aromatic heterocycles. The molecule has 0 aliphatic heterocycles. The SMILES string of the molecule is CCC(C(N)=NO)N(C)C(C)(C)CO. The summed E-state index contributed by atoms with van der Waals surface area (Å²) in [4.78, 5) is 1.90. The molecule has 0 heterocycles. The summed E-state index contributed by atoms with van der Waals surface area (Å²) in [5, 5.41) is 20.8. The van der Waals surface area contributed by atoms with Crippen molar-refractivity contribution in [3.8, 4) is 0 Å². The first-order chi connectivity index (χ1) is 6.40. The van der Waals surface area contributed by atoms with Crippen LogP contribution in [0.5, 0.6) is 0 Å². The van der Waals surface area contributed by atoms with E-state index < -0.39 is 0 Å². The third kappa shape index (κ3) is 2.85. The fourth-order valence-electron chi connectivity index (χ4n) is 1.28. The minimum absolute atomic E-state index is 0.0265. The van der Waals surface area contributed by atoms with E-state index in [4.69, 9.17) is 10.9 Å². The average Bonchev–Trinajstić information content (AvgIpc) is 2.18. The Kier molecular flexibility index (Phi) is 4.87. The van der Waals surface area contributed by atoms with Gasteiger partial charge in [-0.3, -0.25) is 4.90 Å². The molecule has 0 bridgehead atoms. The first kappa shape index (κ1) is 13.2. The summed E-state index contributed by atoms with van der Waals surface area (Å²) < 4.78 is 0. The molecule has 0 aromatic rings. The van der Waals surface area contributed by atoms with E-state index in [0.717, 1.165) is 6.42 Å². The summed E-state index contributed by atoms with van der Waals surface area (Å²) in [5.41, 5.74) is 5.18. The van der Waals surface area contributed by atoms with Crippen LogP contribution in [-0.2, 0) is 0 Å². The molecule has 14 heavy (non-hydrogen) atoms. The second-order valence-electron chi connectivity index (χ2n) is 4.03. The van der Waals surface area contributed by atoms with E-state index in [9.17, 15) is 5.11 Å². The van der Waals surface area contributed by atoms with Crippen LogP contribution in [0, 0.1) is 0 Å². The minimum atomic E-state index is -0.379. The summed E-state index contributed by atoms with van der Waals surface area (Å²) in [6, 6.07) is -0.151. The number of rotatable bonds is 5. The second kappa shape index (κ2) is 5.17. The standard InChI is InChI=1S/C9H21N3O2/c1-5-7(8(10)11-14)12(4)9(2,3)6-13/h7,13-14H,5-6H2,1-4H3,(H2,10,11). The number of nitrogens with two attached hydrogens (primary N) is 1. The maximum absolute atomic E-state index is 9.18. The molecule has 0 aromatic carbocycles. The van der Waals surface area contributed by atoms with Crippen molar-refractivity contribution in [2.75, 3.05) is 13.7 Å².